The van der Waals surface area contributed by atoms with Crippen molar-refractivity contribution in [1.29, 1.82) is 0 Å². The molecule has 28 heavy (non-hydrogen) atoms. The third-order valence-electron chi connectivity index (χ3n) is 5.24. The summed E-state index contributed by atoms with van der Waals surface area (Å²) < 4.78 is 11.7. The van der Waals surface area contributed by atoms with Gasteiger partial charge in [-0.3, -0.25) is 9.59 Å². The van der Waals surface area contributed by atoms with Crippen LogP contribution in [0.25, 0.3) is 10.8 Å². The molecule has 0 spiro atoms. The summed E-state index contributed by atoms with van der Waals surface area (Å²) >= 11 is 0. The molecule has 5 nitrogen and oxygen atoms in total. The second-order valence-electron chi connectivity index (χ2n) is 8.10. The quantitative estimate of drug-likeness (QED) is 0.821. The van der Waals surface area contributed by atoms with Crippen LogP contribution >= 0.6 is 0 Å². The van der Waals surface area contributed by atoms with Crippen molar-refractivity contribution in [1.82, 2.24) is 4.90 Å². The molecule has 2 aliphatic heterocycles. The minimum absolute atomic E-state index is 0.0693. The Bertz CT molecular complexity index is 941. The first-order chi connectivity index (χ1) is 13.4. The Morgan fingerprint density at radius 2 is 1.96 bits per heavy atom. The third kappa shape index (κ3) is 3.94. The smallest absolute Gasteiger partial charge is 0.289 e. The molecular weight excluding hydrogens is 354 g/mol. The van der Waals surface area contributed by atoms with Gasteiger partial charge >= 0.3 is 0 Å². The highest BCUT2D eigenvalue weighted by molar-refractivity contribution is 6.01. The Labute approximate surface area is 164 Å². The summed E-state index contributed by atoms with van der Waals surface area (Å²) in [6, 6.07) is 14.5. The number of morpholine rings is 1. The van der Waals surface area contributed by atoms with E-state index in [1.54, 1.807) is 4.90 Å². The molecule has 2 heterocycles. The molecule has 1 saturated heterocycles. The van der Waals surface area contributed by atoms with Crippen LogP contribution in [-0.2, 0) is 25.5 Å². The first-order valence-electron chi connectivity index (χ1n) is 9.72. The van der Waals surface area contributed by atoms with Crippen LogP contribution in [0, 0.1) is 0 Å². The predicted molar refractivity (Wildman–Crippen MR) is 107 cm³/mol. The van der Waals surface area contributed by atoms with Gasteiger partial charge in [-0.2, -0.15) is 0 Å². The molecule has 0 unspecified atom stereocenters. The third-order valence-corrected chi connectivity index (χ3v) is 5.24. The molecular formula is C23H25NO4. The molecule has 0 aliphatic carbocycles. The van der Waals surface area contributed by atoms with Gasteiger partial charge in [-0.25, -0.2) is 0 Å². The first kappa shape index (κ1) is 18.7. The fourth-order valence-corrected chi connectivity index (χ4v) is 3.98. The molecule has 1 amide bonds. The molecule has 0 N–H and O–H groups in total. The van der Waals surface area contributed by atoms with Gasteiger partial charge in [0.25, 0.3) is 5.91 Å². The van der Waals surface area contributed by atoms with Gasteiger partial charge in [0.05, 0.1) is 12.7 Å². The molecule has 5 heteroatoms. The minimum Gasteiger partial charge on any atom is -0.481 e. The van der Waals surface area contributed by atoms with Crippen molar-refractivity contribution in [2.24, 2.45) is 0 Å². The van der Waals surface area contributed by atoms with Gasteiger partial charge in [-0.1, -0.05) is 42.5 Å². The SMILES string of the molecule is CC1(C)CC(=O)C=C(C(=O)N2CCO[C@@H](Cc3cccc4ccccc34)C2)O1. The average Bonchev–Trinajstić information content (AvgIpc) is 2.66. The van der Waals surface area contributed by atoms with Crippen LogP contribution in [0.1, 0.15) is 25.8 Å². The van der Waals surface area contributed by atoms with E-state index >= 15 is 0 Å². The monoisotopic (exact) mass is 379 g/mol. The number of fused-ring (bicyclic) bond motifs is 1. The molecule has 146 valence electrons. The van der Waals surface area contributed by atoms with E-state index in [9.17, 15) is 9.59 Å². The molecule has 4 rings (SSSR count). The Balaban J connectivity index is 1.49. The number of benzene rings is 2. The van der Waals surface area contributed by atoms with E-state index in [2.05, 4.69) is 30.3 Å². The number of hydrogen-bond donors (Lipinski definition) is 0. The van der Waals surface area contributed by atoms with Gasteiger partial charge in [0.15, 0.2) is 11.5 Å². The minimum atomic E-state index is -0.647. The summed E-state index contributed by atoms with van der Waals surface area (Å²) in [5.74, 6) is -0.153. The number of carbonyl (C=O) groups is 2. The van der Waals surface area contributed by atoms with Crippen LogP contribution in [-0.4, -0.2) is 48.0 Å². The summed E-state index contributed by atoms with van der Waals surface area (Å²) in [6.07, 6.45) is 2.27. The topological polar surface area (TPSA) is 55.8 Å². The van der Waals surface area contributed by atoms with Gasteiger partial charge in [0.2, 0.25) is 0 Å². The number of carbonyl (C=O) groups excluding carboxylic acids is 2. The van der Waals surface area contributed by atoms with Crippen LogP contribution in [0.4, 0.5) is 0 Å². The van der Waals surface area contributed by atoms with Gasteiger partial charge in [0.1, 0.15) is 5.60 Å². The summed E-state index contributed by atoms with van der Waals surface area (Å²) in [5.41, 5.74) is 0.563. The van der Waals surface area contributed by atoms with Crippen molar-refractivity contribution in [3.8, 4) is 0 Å². The molecule has 0 radical (unpaired) electrons. The van der Waals surface area contributed by atoms with E-state index in [-0.39, 0.29) is 30.0 Å². The van der Waals surface area contributed by atoms with Gasteiger partial charge in [-0.05, 0) is 30.2 Å². The highest BCUT2D eigenvalue weighted by atomic mass is 16.5. The van der Waals surface area contributed by atoms with Crippen LogP contribution in [0.3, 0.4) is 0 Å². The van der Waals surface area contributed by atoms with Gasteiger partial charge in [-0.15, -0.1) is 0 Å². The molecule has 0 aromatic heterocycles. The first-order valence-corrected chi connectivity index (χ1v) is 9.72. The zero-order valence-electron chi connectivity index (χ0n) is 16.3. The van der Waals surface area contributed by atoms with Crippen molar-refractivity contribution in [2.75, 3.05) is 19.7 Å². The molecule has 0 saturated carbocycles. The van der Waals surface area contributed by atoms with Crippen LogP contribution in [0.5, 0.6) is 0 Å². The van der Waals surface area contributed by atoms with Crippen molar-refractivity contribution in [2.45, 2.75) is 38.4 Å². The largest absolute Gasteiger partial charge is 0.481 e. The zero-order valence-corrected chi connectivity index (χ0v) is 16.3. The number of ether oxygens (including phenoxy) is 2. The van der Waals surface area contributed by atoms with Crippen LogP contribution < -0.4 is 0 Å². The van der Waals surface area contributed by atoms with Crippen LogP contribution in [0.2, 0.25) is 0 Å². The maximum Gasteiger partial charge on any atom is 0.289 e. The molecule has 1 fully saturated rings. The van der Waals surface area contributed by atoms with Crippen molar-refractivity contribution in [3.05, 3.63) is 59.9 Å². The number of hydrogen-bond acceptors (Lipinski definition) is 4. The normalized spacial score (nSPS) is 21.9. The second kappa shape index (κ2) is 7.40. The Morgan fingerprint density at radius 1 is 1.18 bits per heavy atom. The summed E-state index contributed by atoms with van der Waals surface area (Å²) in [5, 5.41) is 2.41. The number of rotatable bonds is 3. The average molecular weight is 379 g/mol. The lowest BCUT2D eigenvalue weighted by Gasteiger charge is -2.36. The lowest BCUT2D eigenvalue weighted by atomic mass is 9.98. The summed E-state index contributed by atoms with van der Waals surface area (Å²) in [7, 11) is 0. The predicted octanol–water partition coefficient (Wildman–Crippen LogP) is 3.26. The molecule has 2 aliphatic rings. The van der Waals surface area contributed by atoms with E-state index in [4.69, 9.17) is 9.47 Å². The Kier molecular flexibility index (Phi) is 4.94. The number of amides is 1. The maximum absolute atomic E-state index is 12.9. The standard InChI is InChI=1S/C23H25NO4/c1-23(2)14-18(25)13-21(28-23)22(26)24-10-11-27-19(15-24)12-17-8-5-7-16-6-3-4-9-20(16)17/h3-9,13,19H,10-12,14-15H2,1-2H3/t19-/m0/s1. The fraction of sp³-hybridized carbons (Fsp3) is 0.391. The number of nitrogens with zero attached hydrogens (tertiary/aromatic N) is 1. The summed E-state index contributed by atoms with van der Waals surface area (Å²) in [6.45, 7) is 5.12. The van der Waals surface area contributed by atoms with Gasteiger partial charge < -0.3 is 14.4 Å². The maximum atomic E-state index is 12.9. The highest BCUT2D eigenvalue weighted by Crippen LogP contribution is 2.27. The Hall–Kier alpha value is -2.66. The molecule has 2 aromatic rings. The van der Waals surface area contributed by atoms with E-state index in [0.717, 1.165) is 6.42 Å². The molecule has 0 bridgehead atoms. The van der Waals surface area contributed by atoms with Gasteiger partial charge in [0, 0.05) is 32.0 Å². The molecule has 1 atom stereocenters. The molecule has 2 aromatic carbocycles. The number of ketones is 1. The second-order valence-corrected chi connectivity index (χ2v) is 8.10. The van der Waals surface area contributed by atoms with E-state index in [0.29, 0.717) is 19.7 Å². The number of allylic oxidation sites excluding steroid dienone is 1. The lowest BCUT2D eigenvalue weighted by molar-refractivity contribution is -0.144. The van der Waals surface area contributed by atoms with E-state index < -0.39 is 5.60 Å². The highest BCUT2D eigenvalue weighted by Gasteiger charge is 2.35. The zero-order chi connectivity index (χ0) is 19.7. The fourth-order valence-electron chi connectivity index (χ4n) is 3.98. The van der Waals surface area contributed by atoms with E-state index in [1.165, 1.54) is 22.4 Å². The van der Waals surface area contributed by atoms with Crippen LogP contribution in [0.15, 0.2) is 54.3 Å². The van der Waals surface area contributed by atoms with Crippen molar-refractivity contribution in [3.63, 3.8) is 0 Å². The van der Waals surface area contributed by atoms with Crippen molar-refractivity contribution < 1.29 is 19.1 Å². The lowest BCUT2D eigenvalue weighted by Crippen LogP contribution is -2.48. The summed E-state index contributed by atoms with van der Waals surface area (Å²) in [4.78, 5) is 26.6. The van der Waals surface area contributed by atoms with E-state index in [1.807, 2.05) is 26.0 Å². The Morgan fingerprint density at radius 3 is 2.79 bits per heavy atom. The van der Waals surface area contributed by atoms with Crippen molar-refractivity contribution >= 4 is 22.5 Å².